The Bertz CT molecular complexity index is 826. The first-order valence-electron chi connectivity index (χ1n) is 8.33. The Hall–Kier alpha value is -2.55. The maximum Gasteiger partial charge on any atom is 0.404 e. The quantitative estimate of drug-likeness (QED) is 0.494. The van der Waals surface area contributed by atoms with Crippen molar-refractivity contribution < 1.29 is 23.1 Å². The second-order valence-corrected chi connectivity index (χ2v) is 7.53. The van der Waals surface area contributed by atoms with E-state index < -0.39 is 19.5 Å². The number of hydrogen-bond donors (Lipinski definition) is 1. The first-order chi connectivity index (χ1) is 13.0. The van der Waals surface area contributed by atoms with Gasteiger partial charge in [-0.25, -0.2) is 4.57 Å². The number of carbonyl (C=O) groups excluding carboxylic acids is 1. The van der Waals surface area contributed by atoms with Crippen molar-refractivity contribution in [3.63, 3.8) is 0 Å². The molecule has 0 bridgehead atoms. The zero-order valence-corrected chi connectivity index (χ0v) is 15.6. The number of para-hydroxylation sites is 1. The number of carbonyl (C=O) groups is 1. The highest BCUT2D eigenvalue weighted by molar-refractivity contribution is 7.54. The molecule has 2 unspecified atom stereocenters. The van der Waals surface area contributed by atoms with Crippen molar-refractivity contribution in [2.45, 2.75) is 13.0 Å². The van der Waals surface area contributed by atoms with Crippen LogP contribution in [-0.2, 0) is 18.6 Å². The molecule has 10 nitrogen and oxygen atoms in total. The van der Waals surface area contributed by atoms with Gasteiger partial charge in [0.1, 0.15) is 11.6 Å². The van der Waals surface area contributed by atoms with Crippen LogP contribution in [0.25, 0.3) is 0 Å². The van der Waals surface area contributed by atoms with E-state index in [-0.39, 0.29) is 25.5 Å². The van der Waals surface area contributed by atoms with E-state index in [4.69, 9.17) is 19.5 Å². The Labute approximate surface area is 156 Å². The number of amides is 1. The van der Waals surface area contributed by atoms with Crippen LogP contribution >= 0.6 is 7.60 Å². The maximum atomic E-state index is 12.8. The van der Waals surface area contributed by atoms with E-state index >= 15 is 0 Å². The Balaban J connectivity index is 1.52. The van der Waals surface area contributed by atoms with Gasteiger partial charge in [-0.3, -0.25) is 14.3 Å². The number of amidine groups is 1. The van der Waals surface area contributed by atoms with Gasteiger partial charge in [-0.2, -0.15) is 9.98 Å². The maximum absolute atomic E-state index is 12.8. The van der Waals surface area contributed by atoms with Crippen LogP contribution in [0.3, 0.4) is 0 Å². The van der Waals surface area contributed by atoms with Crippen LogP contribution in [0.1, 0.15) is 6.92 Å². The second kappa shape index (κ2) is 8.43. The standard InChI is InChI=1S/C16H20N5O5P/c1-2-25-27(23,26-12-6-4-3-5-7-12)11-24-9-8-21-10-18-13-14(21)19-16(17)20-15(13)22/h3-7,10,13H,2,8-9,11H2,1H3,(H2,17,20,22). The third kappa shape index (κ3) is 4.79. The van der Waals surface area contributed by atoms with E-state index in [0.717, 1.165) is 0 Å². The van der Waals surface area contributed by atoms with E-state index in [2.05, 4.69) is 15.0 Å². The number of ether oxygens (including phenoxy) is 1. The molecule has 2 aliphatic heterocycles. The topological polar surface area (TPSA) is 128 Å². The van der Waals surface area contributed by atoms with Gasteiger partial charge in [-0.05, 0) is 19.1 Å². The van der Waals surface area contributed by atoms with E-state index in [1.807, 2.05) is 6.07 Å². The van der Waals surface area contributed by atoms with Gasteiger partial charge in [0.25, 0.3) is 5.91 Å². The largest absolute Gasteiger partial charge is 0.423 e. The summed E-state index contributed by atoms with van der Waals surface area (Å²) in [5, 5.41) is 0. The number of nitrogens with zero attached hydrogens (tertiary/aromatic N) is 4. The molecule has 0 saturated carbocycles. The molecule has 0 radical (unpaired) electrons. The van der Waals surface area contributed by atoms with Crippen molar-refractivity contribution in [3.8, 4) is 5.75 Å². The highest BCUT2D eigenvalue weighted by atomic mass is 31.2. The van der Waals surface area contributed by atoms with Crippen molar-refractivity contribution in [1.82, 2.24) is 4.90 Å². The summed E-state index contributed by atoms with van der Waals surface area (Å²) in [6.07, 6.45) is 1.28. The molecule has 0 spiro atoms. The molecular weight excluding hydrogens is 373 g/mol. The summed E-state index contributed by atoms with van der Waals surface area (Å²) in [6, 6.07) is 8.00. The molecule has 1 aromatic rings. The number of nitrogens with two attached hydrogens (primary N) is 1. The molecule has 0 saturated heterocycles. The Morgan fingerprint density at radius 1 is 1.26 bits per heavy atom. The van der Waals surface area contributed by atoms with Crippen LogP contribution in [0, 0.1) is 0 Å². The van der Waals surface area contributed by atoms with Crippen molar-refractivity contribution in [3.05, 3.63) is 30.3 Å². The predicted octanol–water partition coefficient (Wildman–Crippen LogP) is 1.23. The summed E-state index contributed by atoms with van der Waals surface area (Å²) in [6.45, 7) is 2.49. The van der Waals surface area contributed by atoms with Crippen LogP contribution in [0.5, 0.6) is 5.75 Å². The zero-order chi connectivity index (χ0) is 19.3. The first kappa shape index (κ1) is 19.2. The average molecular weight is 393 g/mol. The van der Waals surface area contributed by atoms with Crippen molar-refractivity contribution >= 4 is 31.6 Å². The summed E-state index contributed by atoms with van der Waals surface area (Å²) in [4.78, 5) is 25.1. The van der Waals surface area contributed by atoms with Gasteiger partial charge in [0, 0.05) is 6.54 Å². The Kier molecular flexibility index (Phi) is 6.00. The molecule has 0 fully saturated rings. The molecule has 0 aliphatic carbocycles. The number of benzene rings is 1. The molecule has 3 rings (SSSR count). The van der Waals surface area contributed by atoms with Gasteiger partial charge < -0.3 is 19.9 Å². The van der Waals surface area contributed by atoms with Gasteiger partial charge in [-0.15, -0.1) is 0 Å². The monoisotopic (exact) mass is 393 g/mol. The first-order valence-corrected chi connectivity index (χ1v) is 10.1. The van der Waals surface area contributed by atoms with Crippen molar-refractivity contribution in [2.75, 3.05) is 26.1 Å². The van der Waals surface area contributed by atoms with Crippen molar-refractivity contribution in [1.29, 1.82) is 0 Å². The molecule has 0 aromatic heterocycles. The van der Waals surface area contributed by atoms with Gasteiger partial charge in [0.2, 0.25) is 5.96 Å². The summed E-state index contributed by atoms with van der Waals surface area (Å²) in [7, 11) is -3.45. The smallest absolute Gasteiger partial charge is 0.404 e. The van der Waals surface area contributed by atoms with Crippen LogP contribution in [0.15, 0.2) is 45.3 Å². The zero-order valence-electron chi connectivity index (χ0n) is 14.7. The number of guanidine groups is 1. The van der Waals surface area contributed by atoms with E-state index in [1.165, 1.54) is 6.34 Å². The summed E-state index contributed by atoms with van der Waals surface area (Å²) in [5.41, 5.74) is 5.52. The summed E-state index contributed by atoms with van der Waals surface area (Å²) in [5.74, 6) is 0.302. The molecule has 144 valence electrons. The van der Waals surface area contributed by atoms with Crippen molar-refractivity contribution in [2.24, 2.45) is 20.7 Å². The SMILES string of the molecule is CCOP(=O)(COCCN1C=NC2C(=O)N=C(N)N=C21)Oc1ccccc1. The normalized spacial score (nSPS) is 20.7. The average Bonchev–Trinajstić information content (AvgIpc) is 3.03. The molecule has 2 atom stereocenters. The van der Waals surface area contributed by atoms with Crippen LogP contribution in [0.2, 0.25) is 0 Å². The molecule has 2 N–H and O–H groups in total. The fourth-order valence-corrected chi connectivity index (χ4v) is 3.86. The number of fused-ring (bicyclic) bond motifs is 1. The fraction of sp³-hybridized carbons (Fsp3) is 0.375. The lowest BCUT2D eigenvalue weighted by molar-refractivity contribution is -0.117. The van der Waals surface area contributed by atoms with Gasteiger partial charge in [-0.1, -0.05) is 18.2 Å². The molecule has 1 aromatic carbocycles. The predicted molar refractivity (Wildman–Crippen MR) is 100 cm³/mol. The van der Waals surface area contributed by atoms with Crippen LogP contribution in [0.4, 0.5) is 0 Å². The minimum atomic E-state index is -3.45. The number of rotatable bonds is 9. The van der Waals surface area contributed by atoms with Crippen LogP contribution < -0.4 is 10.3 Å². The number of aliphatic imine (C=N–C) groups is 3. The molecular formula is C16H20N5O5P. The van der Waals surface area contributed by atoms with Gasteiger partial charge in [0.15, 0.2) is 12.4 Å². The van der Waals surface area contributed by atoms with Gasteiger partial charge >= 0.3 is 7.60 Å². The summed E-state index contributed by atoms with van der Waals surface area (Å²) < 4.78 is 29.1. The Morgan fingerprint density at radius 2 is 2.04 bits per heavy atom. The highest BCUT2D eigenvalue weighted by Gasteiger charge is 2.35. The van der Waals surface area contributed by atoms with E-state index in [0.29, 0.717) is 18.1 Å². The highest BCUT2D eigenvalue weighted by Crippen LogP contribution is 2.48. The minimum absolute atomic E-state index is 0.0974. The molecule has 1 amide bonds. The minimum Gasteiger partial charge on any atom is -0.423 e. The summed E-state index contributed by atoms with van der Waals surface area (Å²) >= 11 is 0. The molecule has 2 heterocycles. The third-order valence-electron chi connectivity index (χ3n) is 3.62. The fourth-order valence-electron chi connectivity index (χ4n) is 2.49. The third-order valence-corrected chi connectivity index (χ3v) is 5.26. The molecule has 27 heavy (non-hydrogen) atoms. The lowest BCUT2D eigenvalue weighted by Gasteiger charge is -2.21. The number of hydrogen-bond acceptors (Lipinski definition) is 9. The Morgan fingerprint density at radius 3 is 2.78 bits per heavy atom. The molecule has 2 aliphatic rings. The van der Waals surface area contributed by atoms with Gasteiger partial charge in [0.05, 0.1) is 19.6 Å². The second-order valence-electron chi connectivity index (χ2n) is 5.61. The lowest BCUT2D eigenvalue weighted by atomic mass is 10.2. The van der Waals surface area contributed by atoms with E-state index in [9.17, 15) is 9.36 Å². The van der Waals surface area contributed by atoms with Crippen LogP contribution in [-0.4, -0.2) is 61.1 Å². The molecule has 11 heteroatoms. The van der Waals surface area contributed by atoms with E-state index in [1.54, 1.807) is 36.1 Å². The lowest BCUT2D eigenvalue weighted by Crippen LogP contribution is -2.41.